The van der Waals surface area contributed by atoms with Gasteiger partial charge in [-0.25, -0.2) is 14.4 Å². The number of aromatic nitrogens is 2. The van der Waals surface area contributed by atoms with Gasteiger partial charge in [-0.05, 0) is 73.0 Å². The smallest absolute Gasteiger partial charge is 0.256 e. The van der Waals surface area contributed by atoms with E-state index in [1.807, 2.05) is 6.07 Å². The van der Waals surface area contributed by atoms with Crippen molar-refractivity contribution in [2.45, 2.75) is 12.8 Å². The highest BCUT2D eigenvalue weighted by molar-refractivity contribution is 6.05. The number of aryl methyl sites for hydroxylation is 2. The fraction of sp³-hybridized carbons (Fsp3) is 0.0800. The Morgan fingerprint density at radius 1 is 0.903 bits per heavy atom. The molecule has 4 aromatic rings. The molecule has 0 aliphatic heterocycles. The van der Waals surface area contributed by atoms with Gasteiger partial charge in [0.05, 0.1) is 11.4 Å². The molecule has 31 heavy (non-hydrogen) atoms. The Labute approximate surface area is 178 Å². The molecule has 0 fully saturated rings. The average Bonchev–Trinajstić information content (AvgIpc) is 2.79. The topological polar surface area (TPSA) is 75.1 Å². The van der Waals surface area contributed by atoms with Crippen LogP contribution in [0.2, 0.25) is 0 Å². The van der Waals surface area contributed by atoms with Crippen LogP contribution in [-0.4, -0.2) is 21.0 Å². The van der Waals surface area contributed by atoms with E-state index in [0.29, 0.717) is 41.2 Å². The van der Waals surface area contributed by atoms with E-state index in [0.717, 1.165) is 16.8 Å². The molecule has 1 aliphatic carbocycles. The summed E-state index contributed by atoms with van der Waals surface area (Å²) in [5.74, 6) is -0.0805. The second-order valence-corrected chi connectivity index (χ2v) is 7.38. The van der Waals surface area contributed by atoms with Gasteiger partial charge in [0, 0.05) is 16.7 Å². The largest absolute Gasteiger partial charge is 0.508 e. The lowest BCUT2D eigenvalue weighted by molar-refractivity contribution is 0.102. The predicted molar refractivity (Wildman–Crippen MR) is 116 cm³/mol. The molecule has 0 saturated carbocycles. The highest BCUT2D eigenvalue weighted by Crippen LogP contribution is 2.36. The van der Waals surface area contributed by atoms with Gasteiger partial charge in [0.2, 0.25) is 0 Å². The number of aromatic hydroxyl groups is 1. The standard InChI is InChI=1S/C25H18FN3O2/c26-18-9-12-20-17(14-18)8-13-21-23(20)28-22(15-6-10-19(30)11-7-15)24(27-21)29-25(31)16-4-2-1-3-5-16/h1-7,9-12,14,30H,8,13H2,(H,27,29,31). The lowest BCUT2D eigenvalue weighted by atomic mass is 9.91. The summed E-state index contributed by atoms with van der Waals surface area (Å²) in [5, 5.41) is 12.6. The van der Waals surface area contributed by atoms with Gasteiger partial charge >= 0.3 is 0 Å². The van der Waals surface area contributed by atoms with Crippen molar-refractivity contribution in [1.29, 1.82) is 0 Å². The highest BCUT2D eigenvalue weighted by Gasteiger charge is 2.23. The zero-order chi connectivity index (χ0) is 21.4. The van der Waals surface area contributed by atoms with Crippen molar-refractivity contribution >= 4 is 11.7 Å². The molecule has 152 valence electrons. The summed E-state index contributed by atoms with van der Waals surface area (Å²) in [5.41, 5.74) is 4.87. The summed E-state index contributed by atoms with van der Waals surface area (Å²) >= 11 is 0. The van der Waals surface area contributed by atoms with Crippen molar-refractivity contribution in [2.75, 3.05) is 5.32 Å². The number of halogens is 1. The van der Waals surface area contributed by atoms with Crippen LogP contribution in [0.15, 0.2) is 72.8 Å². The van der Waals surface area contributed by atoms with Crippen LogP contribution in [0.1, 0.15) is 21.6 Å². The van der Waals surface area contributed by atoms with E-state index >= 15 is 0 Å². The first-order chi connectivity index (χ1) is 15.1. The Bertz CT molecular complexity index is 1290. The van der Waals surface area contributed by atoms with Crippen LogP contribution in [0.5, 0.6) is 5.75 Å². The maximum atomic E-state index is 13.7. The number of nitrogens with one attached hydrogen (secondary N) is 1. The van der Waals surface area contributed by atoms with E-state index < -0.39 is 0 Å². The van der Waals surface area contributed by atoms with Crippen molar-refractivity contribution in [3.05, 3.63) is 95.4 Å². The SMILES string of the molecule is O=C(Nc1nc2c(nc1-c1ccc(O)cc1)-c1ccc(F)cc1CC2)c1ccccc1. The minimum Gasteiger partial charge on any atom is -0.508 e. The highest BCUT2D eigenvalue weighted by atomic mass is 19.1. The molecule has 5 rings (SSSR count). The van der Waals surface area contributed by atoms with Gasteiger partial charge < -0.3 is 10.4 Å². The van der Waals surface area contributed by atoms with E-state index in [-0.39, 0.29) is 17.5 Å². The maximum Gasteiger partial charge on any atom is 0.256 e. The van der Waals surface area contributed by atoms with E-state index in [2.05, 4.69) is 5.32 Å². The maximum absolute atomic E-state index is 13.7. The molecule has 1 heterocycles. The zero-order valence-corrected chi connectivity index (χ0v) is 16.5. The molecule has 0 saturated heterocycles. The van der Waals surface area contributed by atoms with Gasteiger partial charge in [0.1, 0.15) is 17.3 Å². The summed E-state index contributed by atoms with van der Waals surface area (Å²) in [6.45, 7) is 0. The number of phenolic OH excluding ortho intramolecular Hbond substituents is 1. The molecule has 1 amide bonds. The number of benzene rings is 3. The number of carbonyl (C=O) groups excluding carboxylic acids is 1. The lowest BCUT2D eigenvalue weighted by Gasteiger charge is -2.21. The number of hydrogen-bond donors (Lipinski definition) is 2. The van der Waals surface area contributed by atoms with Crippen molar-refractivity contribution in [3.8, 4) is 28.3 Å². The van der Waals surface area contributed by atoms with Crippen LogP contribution in [-0.2, 0) is 12.8 Å². The number of hydrogen-bond acceptors (Lipinski definition) is 4. The van der Waals surface area contributed by atoms with Gasteiger partial charge in [0.15, 0.2) is 5.82 Å². The van der Waals surface area contributed by atoms with E-state index in [4.69, 9.17) is 9.97 Å². The third-order valence-corrected chi connectivity index (χ3v) is 5.33. The molecule has 0 spiro atoms. The van der Waals surface area contributed by atoms with Crippen molar-refractivity contribution in [3.63, 3.8) is 0 Å². The van der Waals surface area contributed by atoms with Gasteiger partial charge in [-0.15, -0.1) is 0 Å². The van der Waals surface area contributed by atoms with Crippen LogP contribution < -0.4 is 5.32 Å². The summed E-state index contributed by atoms with van der Waals surface area (Å²) in [6.07, 6.45) is 1.25. The molecule has 6 heteroatoms. The van der Waals surface area contributed by atoms with Crippen molar-refractivity contribution < 1.29 is 14.3 Å². The van der Waals surface area contributed by atoms with Gasteiger partial charge in [-0.3, -0.25) is 4.79 Å². The summed E-state index contributed by atoms with van der Waals surface area (Å²) < 4.78 is 13.7. The number of rotatable bonds is 3. The first-order valence-corrected chi connectivity index (χ1v) is 9.94. The van der Waals surface area contributed by atoms with Crippen molar-refractivity contribution in [2.24, 2.45) is 0 Å². The average molecular weight is 411 g/mol. The molecule has 1 aliphatic rings. The fourth-order valence-corrected chi connectivity index (χ4v) is 3.79. The zero-order valence-electron chi connectivity index (χ0n) is 16.5. The Morgan fingerprint density at radius 3 is 2.45 bits per heavy atom. The molecule has 1 aromatic heterocycles. The molecule has 0 atom stereocenters. The third kappa shape index (κ3) is 3.64. The van der Waals surface area contributed by atoms with Gasteiger partial charge in [0.25, 0.3) is 5.91 Å². The molecule has 5 nitrogen and oxygen atoms in total. The fourth-order valence-electron chi connectivity index (χ4n) is 3.79. The first kappa shape index (κ1) is 18.9. The Balaban J connectivity index is 1.64. The first-order valence-electron chi connectivity index (χ1n) is 9.94. The molecular formula is C25H18FN3O2. The summed E-state index contributed by atoms with van der Waals surface area (Å²) in [4.78, 5) is 22.4. The quantitative estimate of drug-likeness (QED) is 0.497. The molecule has 3 aromatic carbocycles. The number of nitrogens with zero attached hydrogens (tertiary/aromatic N) is 2. The number of amides is 1. The number of anilines is 1. The third-order valence-electron chi connectivity index (χ3n) is 5.33. The van der Waals surface area contributed by atoms with Crippen LogP contribution in [0, 0.1) is 5.82 Å². The van der Waals surface area contributed by atoms with Crippen LogP contribution in [0.25, 0.3) is 22.5 Å². The summed E-state index contributed by atoms with van der Waals surface area (Å²) in [6, 6.07) is 20.1. The molecule has 2 N–H and O–H groups in total. The molecule has 0 bridgehead atoms. The van der Waals surface area contributed by atoms with Gasteiger partial charge in [-0.1, -0.05) is 18.2 Å². The monoisotopic (exact) mass is 411 g/mol. The van der Waals surface area contributed by atoms with Gasteiger partial charge in [-0.2, -0.15) is 0 Å². The molecule has 0 unspecified atom stereocenters. The number of fused-ring (bicyclic) bond motifs is 3. The second-order valence-electron chi connectivity index (χ2n) is 7.38. The minimum atomic E-state index is -0.284. The van der Waals surface area contributed by atoms with E-state index in [9.17, 15) is 14.3 Å². The normalized spacial score (nSPS) is 12.0. The summed E-state index contributed by atoms with van der Waals surface area (Å²) in [7, 11) is 0. The Hall–Kier alpha value is -4.06. The lowest BCUT2D eigenvalue weighted by Crippen LogP contribution is -2.17. The number of carbonyl (C=O) groups is 1. The van der Waals surface area contributed by atoms with E-state index in [1.165, 1.54) is 12.1 Å². The predicted octanol–water partition coefficient (Wildman–Crippen LogP) is 5.01. The molecule has 0 radical (unpaired) electrons. The second kappa shape index (κ2) is 7.65. The number of phenols is 1. The Morgan fingerprint density at radius 2 is 1.68 bits per heavy atom. The van der Waals surface area contributed by atoms with E-state index in [1.54, 1.807) is 54.6 Å². The van der Waals surface area contributed by atoms with Crippen LogP contribution in [0.3, 0.4) is 0 Å². The Kier molecular flexibility index (Phi) is 4.67. The molecular weight excluding hydrogens is 393 g/mol. The van der Waals surface area contributed by atoms with Crippen molar-refractivity contribution in [1.82, 2.24) is 9.97 Å². The van der Waals surface area contributed by atoms with Crippen LogP contribution >= 0.6 is 0 Å². The van der Waals surface area contributed by atoms with Crippen LogP contribution in [0.4, 0.5) is 10.2 Å². The minimum absolute atomic E-state index is 0.130.